The van der Waals surface area contributed by atoms with E-state index in [1.54, 1.807) is 6.07 Å². The van der Waals surface area contributed by atoms with Gasteiger partial charge in [-0.1, -0.05) is 18.2 Å². The van der Waals surface area contributed by atoms with E-state index in [4.69, 9.17) is 11.6 Å². The Balaban J connectivity index is 3.07. The highest BCUT2D eigenvalue weighted by molar-refractivity contribution is 6.39. The minimum atomic E-state index is -0.977. The van der Waals surface area contributed by atoms with Gasteiger partial charge in [0.25, 0.3) is 11.6 Å². The number of nitrogens with one attached hydrogen (secondary N) is 2. The Morgan fingerprint density at radius 3 is 2.55 bits per heavy atom. The van der Waals surface area contributed by atoms with Gasteiger partial charge in [0, 0.05) is 18.1 Å². The topological polar surface area (TPSA) is 166 Å². The fourth-order valence-electron chi connectivity index (χ4n) is 1.40. The van der Waals surface area contributed by atoms with Crippen LogP contribution in [0.2, 0.25) is 0 Å². The van der Waals surface area contributed by atoms with Crippen LogP contribution >= 0.6 is 0 Å². The number of hydrogen-bond acceptors (Lipinski definition) is 6. The number of para-hydroxylation sites is 1. The highest BCUT2D eigenvalue weighted by Crippen LogP contribution is 2.18. The quantitative estimate of drug-likeness (QED) is 0.181. The maximum Gasteiger partial charge on any atom is 0.332 e. The zero-order valence-corrected chi connectivity index (χ0v) is 10.2. The first kappa shape index (κ1) is 15.0. The number of hydrazine groups is 1. The highest BCUT2D eigenvalue weighted by Gasteiger charge is 2.18. The summed E-state index contributed by atoms with van der Waals surface area (Å²) in [6, 6.07) is 4.83. The summed E-state index contributed by atoms with van der Waals surface area (Å²) < 4.78 is 0. The van der Waals surface area contributed by atoms with Crippen molar-refractivity contribution < 1.29 is 14.5 Å². The summed E-state index contributed by atoms with van der Waals surface area (Å²) in [6.45, 7) is 0. The third kappa shape index (κ3) is 4.03. The molecule has 0 aliphatic heterocycles. The number of urea groups is 1. The molecule has 1 aromatic rings. The molecular weight excluding hydrogens is 268 g/mol. The van der Waals surface area contributed by atoms with E-state index < -0.39 is 16.9 Å². The van der Waals surface area contributed by atoms with E-state index in [1.807, 2.05) is 10.9 Å². The molecule has 1 aromatic carbocycles. The Kier molecular flexibility index (Phi) is 5.12. The summed E-state index contributed by atoms with van der Waals surface area (Å²) in [5.41, 5.74) is 8.37. The van der Waals surface area contributed by atoms with Crippen LogP contribution in [0.5, 0.6) is 0 Å². The van der Waals surface area contributed by atoms with E-state index >= 15 is 0 Å². The van der Waals surface area contributed by atoms with Crippen LogP contribution < -0.4 is 22.4 Å². The number of hydrogen-bond donors (Lipinski definition) is 4. The van der Waals surface area contributed by atoms with Gasteiger partial charge < -0.3 is 5.73 Å². The van der Waals surface area contributed by atoms with Crippen LogP contribution in [0.3, 0.4) is 0 Å². The molecule has 0 spiro atoms. The van der Waals surface area contributed by atoms with Crippen LogP contribution in [0, 0.1) is 10.1 Å². The van der Waals surface area contributed by atoms with Crippen LogP contribution in [0.4, 0.5) is 10.5 Å². The standard InChI is InChI=1S/C10H12N6O4/c11-10(18)15-14-7(9(17)13-12)5-6-3-1-2-4-8(6)16(19)20/h1-4H,5,12H2,(H,13,17)(H3,11,15,18)/b14-7+. The van der Waals surface area contributed by atoms with E-state index in [0.717, 1.165) is 0 Å². The average Bonchev–Trinajstić information content (AvgIpc) is 2.42. The van der Waals surface area contributed by atoms with Gasteiger partial charge in [0.2, 0.25) is 0 Å². The van der Waals surface area contributed by atoms with Gasteiger partial charge in [-0.3, -0.25) is 20.3 Å². The lowest BCUT2D eigenvalue weighted by Gasteiger charge is -2.06. The lowest BCUT2D eigenvalue weighted by Crippen LogP contribution is -2.39. The molecule has 0 radical (unpaired) electrons. The summed E-state index contributed by atoms with van der Waals surface area (Å²) >= 11 is 0. The molecule has 3 amide bonds. The van der Waals surface area contributed by atoms with E-state index in [-0.39, 0.29) is 23.4 Å². The maximum absolute atomic E-state index is 11.5. The Morgan fingerprint density at radius 1 is 1.35 bits per heavy atom. The predicted octanol–water partition coefficient (Wildman–Crippen LogP) is -0.848. The Labute approximate surface area is 112 Å². The van der Waals surface area contributed by atoms with Gasteiger partial charge in [-0.05, 0) is 0 Å². The molecule has 10 heteroatoms. The molecule has 106 valence electrons. The number of nitro benzene ring substituents is 1. The third-order valence-electron chi connectivity index (χ3n) is 2.24. The first-order chi connectivity index (χ1) is 9.45. The molecular formula is C10H12N6O4. The number of benzene rings is 1. The first-order valence-electron chi connectivity index (χ1n) is 5.31. The van der Waals surface area contributed by atoms with Crippen LogP contribution in [-0.2, 0) is 11.2 Å². The highest BCUT2D eigenvalue weighted by atomic mass is 16.6. The summed E-state index contributed by atoms with van der Waals surface area (Å²) in [6.07, 6.45) is -0.194. The number of carbonyl (C=O) groups excluding carboxylic acids is 2. The fraction of sp³-hybridized carbons (Fsp3) is 0.100. The predicted molar refractivity (Wildman–Crippen MR) is 69.3 cm³/mol. The molecule has 10 nitrogen and oxygen atoms in total. The number of amides is 3. The summed E-state index contributed by atoms with van der Waals surface area (Å²) in [7, 11) is 0. The van der Waals surface area contributed by atoms with Crippen molar-refractivity contribution in [2.45, 2.75) is 6.42 Å². The van der Waals surface area contributed by atoms with Crippen molar-refractivity contribution in [1.29, 1.82) is 0 Å². The molecule has 0 aliphatic carbocycles. The minimum absolute atomic E-state index is 0.177. The zero-order chi connectivity index (χ0) is 15.1. The molecule has 6 N–H and O–H groups in total. The molecule has 0 saturated heterocycles. The van der Waals surface area contributed by atoms with E-state index in [1.165, 1.54) is 18.2 Å². The molecule has 0 aliphatic rings. The largest absolute Gasteiger partial charge is 0.350 e. The number of nitrogens with zero attached hydrogens (tertiary/aromatic N) is 2. The molecule has 1 rings (SSSR count). The van der Waals surface area contributed by atoms with E-state index in [2.05, 4.69) is 5.10 Å². The molecule has 0 saturated carbocycles. The van der Waals surface area contributed by atoms with Gasteiger partial charge in [0.15, 0.2) is 0 Å². The van der Waals surface area contributed by atoms with E-state index in [9.17, 15) is 19.7 Å². The van der Waals surface area contributed by atoms with Gasteiger partial charge in [-0.15, -0.1) is 0 Å². The van der Waals surface area contributed by atoms with Crippen molar-refractivity contribution in [2.24, 2.45) is 16.7 Å². The number of nitrogens with two attached hydrogens (primary N) is 2. The fourth-order valence-corrected chi connectivity index (χ4v) is 1.40. The average molecular weight is 280 g/mol. The first-order valence-corrected chi connectivity index (χ1v) is 5.31. The minimum Gasteiger partial charge on any atom is -0.350 e. The second-order valence-corrected chi connectivity index (χ2v) is 3.57. The third-order valence-corrected chi connectivity index (χ3v) is 2.24. The maximum atomic E-state index is 11.5. The molecule has 0 bridgehead atoms. The van der Waals surface area contributed by atoms with Crippen molar-refractivity contribution in [3.63, 3.8) is 0 Å². The molecule has 0 aromatic heterocycles. The second kappa shape index (κ2) is 6.80. The Bertz CT molecular complexity index is 571. The number of primary amides is 1. The van der Waals surface area contributed by atoms with Gasteiger partial charge in [0.05, 0.1) is 4.92 Å². The van der Waals surface area contributed by atoms with Crippen molar-refractivity contribution >= 4 is 23.3 Å². The molecule has 20 heavy (non-hydrogen) atoms. The van der Waals surface area contributed by atoms with Crippen LogP contribution in [-0.4, -0.2) is 22.6 Å². The zero-order valence-electron chi connectivity index (χ0n) is 10.2. The summed E-state index contributed by atoms with van der Waals surface area (Å²) in [4.78, 5) is 32.3. The monoisotopic (exact) mass is 280 g/mol. The van der Waals surface area contributed by atoms with Crippen LogP contribution in [0.25, 0.3) is 0 Å². The van der Waals surface area contributed by atoms with Crippen molar-refractivity contribution in [3.05, 3.63) is 39.9 Å². The normalized spacial score (nSPS) is 10.8. The van der Waals surface area contributed by atoms with Gasteiger partial charge >= 0.3 is 6.03 Å². The van der Waals surface area contributed by atoms with E-state index in [0.29, 0.717) is 0 Å². The summed E-state index contributed by atoms with van der Waals surface area (Å²) in [5.74, 6) is 4.18. The Morgan fingerprint density at radius 2 is 2.00 bits per heavy atom. The van der Waals surface area contributed by atoms with Gasteiger partial charge in [-0.25, -0.2) is 16.1 Å². The molecule has 0 heterocycles. The molecule has 0 fully saturated rings. The number of nitro groups is 1. The van der Waals surface area contributed by atoms with Gasteiger partial charge in [0.1, 0.15) is 5.71 Å². The lowest BCUT2D eigenvalue weighted by atomic mass is 10.1. The van der Waals surface area contributed by atoms with Gasteiger partial charge in [-0.2, -0.15) is 5.10 Å². The van der Waals surface area contributed by atoms with Crippen LogP contribution in [0.1, 0.15) is 5.56 Å². The summed E-state index contributed by atoms with van der Waals surface area (Å²) in [5, 5.41) is 14.3. The SMILES string of the molecule is NNC(=O)/C(Cc1ccccc1[N+](=O)[O-])=N/NC(N)=O. The Hall–Kier alpha value is -3.01. The smallest absolute Gasteiger partial charge is 0.332 e. The number of rotatable bonds is 5. The molecule has 0 atom stereocenters. The number of hydrazone groups is 1. The van der Waals surface area contributed by atoms with Crippen molar-refractivity contribution in [2.75, 3.05) is 0 Å². The van der Waals surface area contributed by atoms with Crippen molar-refractivity contribution in [1.82, 2.24) is 10.9 Å². The van der Waals surface area contributed by atoms with Crippen LogP contribution in [0.15, 0.2) is 29.4 Å². The second-order valence-electron chi connectivity index (χ2n) is 3.57. The molecule has 0 unspecified atom stereocenters. The number of carbonyl (C=O) groups is 2. The van der Waals surface area contributed by atoms with Crippen molar-refractivity contribution in [3.8, 4) is 0 Å². The lowest BCUT2D eigenvalue weighted by molar-refractivity contribution is -0.385.